The standard InChI is InChI=1S/C7H16O3S/c1-3-4-5-6-7(2)10-11(8)9/h7H,3-6H2,1-2H3,(H,8,9). The minimum atomic E-state index is -2.10. The number of hydrogen-bond acceptors (Lipinski definition) is 2. The largest absolute Gasteiger partial charge is 0.302 e. The fraction of sp³-hybridized carbons (Fsp3) is 1.00. The Morgan fingerprint density at radius 1 is 1.55 bits per heavy atom. The van der Waals surface area contributed by atoms with Crippen molar-refractivity contribution < 1.29 is 12.9 Å². The van der Waals surface area contributed by atoms with E-state index in [2.05, 4.69) is 11.1 Å². The van der Waals surface area contributed by atoms with Gasteiger partial charge in [0.2, 0.25) is 0 Å². The highest BCUT2D eigenvalue weighted by Crippen LogP contribution is 2.06. The van der Waals surface area contributed by atoms with Crippen LogP contribution in [0.25, 0.3) is 0 Å². The summed E-state index contributed by atoms with van der Waals surface area (Å²) in [6.45, 7) is 3.93. The van der Waals surface area contributed by atoms with Crippen molar-refractivity contribution in [3.05, 3.63) is 0 Å². The van der Waals surface area contributed by atoms with Crippen LogP contribution in [0.1, 0.15) is 39.5 Å². The topological polar surface area (TPSA) is 46.5 Å². The summed E-state index contributed by atoms with van der Waals surface area (Å²) in [5.74, 6) is 0. The third-order valence-corrected chi connectivity index (χ3v) is 1.95. The summed E-state index contributed by atoms with van der Waals surface area (Å²) in [7, 11) is 0. The molecule has 0 radical (unpaired) electrons. The smallest absolute Gasteiger partial charge is 0.284 e. The van der Waals surface area contributed by atoms with E-state index in [9.17, 15) is 4.21 Å². The van der Waals surface area contributed by atoms with E-state index in [-0.39, 0.29) is 6.10 Å². The van der Waals surface area contributed by atoms with Crippen LogP contribution in [0.3, 0.4) is 0 Å². The lowest BCUT2D eigenvalue weighted by atomic mass is 10.1. The van der Waals surface area contributed by atoms with Crippen LogP contribution in [0.15, 0.2) is 0 Å². The van der Waals surface area contributed by atoms with Gasteiger partial charge in [0.15, 0.2) is 0 Å². The van der Waals surface area contributed by atoms with E-state index in [0.29, 0.717) is 0 Å². The molecule has 0 aromatic carbocycles. The summed E-state index contributed by atoms with van der Waals surface area (Å²) in [4.78, 5) is 0. The Balaban J connectivity index is 3.22. The molecule has 0 aromatic heterocycles. The lowest BCUT2D eigenvalue weighted by Crippen LogP contribution is -2.09. The Morgan fingerprint density at radius 3 is 2.64 bits per heavy atom. The van der Waals surface area contributed by atoms with Crippen molar-refractivity contribution in [2.75, 3.05) is 0 Å². The molecule has 11 heavy (non-hydrogen) atoms. The third-order valence-electron chi connectivity index (χ3n) is 1.46. The van der Waals surface area contributed by atoms with Gasteiger partial charge in [0.05, 0.1) is 6.10 Å². The van der Waals surface area contributed by atoms with Crippen molar-refractivity contribution in [1.29, 1.82) is 0 Å². The summed E-state index contributed by atoms with van der Waals surface area (Å²) >= 11 is -2.10. The van der Waals surface area contributed by atoms with Crippen LogP contribution in [-0.2, 0) is 15.5 Å². The van der Waals surface area contributed by atoms with Crippen molar-refractivity contribution in [3.8, 4) is 0 Å². The molecular weight excluding hydrogens is 164 g/mol. The van der Waals surface area contributed by atoms with Crippen LogP contribution in [-0.4, -0.2) is 14.9 Å². The van der Waals surface area contributed by atoms with Gasteiger partial charge in [-0.15, -0.1) is 0 Å². The molecule has 3 nitrogen and oxygen atoms in total. The average molecular weight is 180 g/mol. The maximum absolute atomic E-state index is 10.1. The van der Waals surface area contributed by atoms with Crippen LogP contribution < -0.4 is 0 Å². The van der Waals surface area contributed by atoms with Gasteiger partial charge in [0.1, 0.15) is 0 Å². The Bertz CT molecular complexity index is 116. The van der Waals surface area contributed by atoms with Crippen molar-refractivity contribution in [2.24, 2.45) is 0 Å². The van der Waals surface area contributed by atoms with E-state index in [1.54, 1.807) is 0 Å². The minimum absolute atomic E-state index is 0.104. The minimum Gasteiger partial charge on any atom is -0.284 e. The first kappa shape index (κ1) is 11.1. The zero-order chi connectivity index (χ0) is 8.69. The molecule has 0 amide bonds. The molecular formula is C7H16O3S. The van der Waals surface area contributed by atoms with E-state index in [4.69, 9.17) is 4.55 Å². The first-order valence-electron chi connectivity index (χ1n) is 3.94. The Labute approximate surface area is 70.6 Å². The van der Waals surface area contributed by atoms with Crippen molar-refractivity contribution in [1.82, 2.24) is 0 Å². The van der Waals surface area contributed by atoms with Gasteiger partial charge < -0.3 is 0 Å². The van der Waals surface area contributed by atoms with Crippen molar-refractivity contribution in [3.63, 3.8) is 0 Å². The molecule has 0 aliphatic heterocycles. The second-order valence-corrected chi connectivity index (χ2v) is 3.25. The summed E-state index contributed by atoms with van der Waals surface area (Å²) in [5.41, 5.74) is 0. The molecule has 0 saturated carbocycles. The normalized spacial score (nSPS) is 16.3. The van der Waals surface area contributed by atoms with Gasteiger partial charge in [0.25, 0.3) is 0 Å². The van der Waals surface area contributed by atoms with Gasteiger partial charge in [-0.05, 0) is 13.3 Å². The van der Waals surface area contributed by atoms with E-state index in [1.165, 1.54) is 0 Å². The number of rotatable bonds is 6. The molecule has 0 rings (SSSR count). The highest BCUT2D eigenvalue weighted by atomic mass is 32.2. The molecule has 0 bridgehead atoms. The quantitative estimate of drug-likeness (QED) is 0.503. The Morgan fingerprint density at radius 2 is 2.18 bits per heavy atom. The van der Waals surface area contributed by atoms with E-state index < -0.39 is 11.4 Å². The molecule has 0 spiro atoms. The monoisotopic (exact) mass is 180 g/mol. The fourth-order valence-corrected chi connectivity index (χ4v) is 1.25. The summed E-state index contributed by atoms with van der Waals surface area (Å²) in [6.07, 6.45) is 4.14. The molecule has 0 aromatic rings. The van der Waals surface area contributed by atoms with E-state index in [1.807, 2.05) is 6.92 Å². The summed E-state index contributed by atoms with van der Waals surface area (Å²) < 4.78 is 23.1. The van der Waals surface area contributed by atoms with Gasteiger partial charge in [-0.1, -0.05) is 26.2 Å². The van der Waals surface area contributed by atoms with Crippen LogP contribution in [0, 0.1) is 0 Å². The molecule has 2 atom stereocenters. The second-order valence-electron chi connectivity index (χ2n) is 2.62. The molecule has 68 valence electrons. The predicted molar refractivity (Wildman–Crippen MR) is 45.5 cm³/mol. The summed E-state index contributed by atoms with van der Waals surface area (Å²) in [5, 5.41) is 0. The van der Waals surface area contributed by atoms with Gasteiger partial charge >= 0.3 is 11.4 Å². The van der Waals surface area contributed by atoms with E-state index in [0.717, 1.165) is 25.7 Å². The second kappa shape index (κ2) is 6.76. The maximum Gasteiger partial charge on any atom is 0.302 e. The third kappa shape index (κ3) is 7.97. The van der Waals surface area contributed by atoms with Crippen molar-refractivity contribution in [2.45, 2.75) is 45.6 Å². The van der Waals surface area contributed by atoms with Crippen LogP contribution in [0.5, 0.6) is 0 Å². The molecule has 0 aliphatic carbocycles. The molecule has 1 N–H and O–H groups in total. The van der Waals surface area contributed by atoms with Gasteiger partial charge in [-0.25, -0.2) is 0 Å². The molecule has 0 heterocycles. The zero-order valence-electron chi connectivity index (χ0n) is 7.08. The first-order chi connectivity index (χ1) is 5.16. The van der Waals surface area contributed by atoms with Gasteiger partial charge in [0, 0.05) is 0 Å². The lowest BCUT2D eigenvalue weighted by molar-refractivity contribution is 0.208. The summed E-state index contributed by atoms with van der Waals surface area (Å²) in [6, 6.07) is 0. The maximum atomic E-state index is 10.1. The SMILES string of the molecule is CCCCCC(C)OS(=O)O. The average Bonchev–Trinajstić information content (AvgIpc) is 1.86. The van der Waals surface area contributed by atoms with Crippen LogP contribution in [0.2, 0.25) is 0 Å². The zero-order valence-corrected chi connectivity index (χ0v) is 7.89. The van der Waals surface area contributed by atoms with Crippen molar-refractivity contribution >= 4 is 11.4 Å². The Hall–Kier alpha value is 0.0700. The Kier molecular flexibility index (Phi) is 6.80. The lowest BCUT2D eigenvalue weighted by Gasteiger charge is -2.07. The molecule has 2 unspecified atom stereocenters. The highest BCUT2D eigenvalue weighted by molar-refractivity contribution is 7.74. The first-order valence-corrected chi connectivity index (χ1v) is 4.98. The number of hydrogen-bond donors (Lipinski definition) is 1. The molecule has 0 fully saturated rings. The number of unbranched alkanes of at least 4 members (excludes halogenated alkanes) is 2. The van der Waals surface area contributed by atoms with Gasteiger partial charge in [-0.3, -0.25) is 8.74 Å². The highest BCUT2D eigenvalue weighted by Gasteiger charge is 2.04. The van der Waals surface area contributed by atoms with E-state index >= 15 is 0 Å². The molecule has 4 heteroatoms. The van der Waals surface area contributed by atoms with Gasteiger partial charge in [-0.2, -0.15) is 4.21 Å². The van der Waals surface area contributed by atoms with Crippen LogP contribution >= 0.6 is 0 Å². The predicted octanol–water partition coefficient (Wildman–Crippen LogP) is 2.11. The molecule has 0 aliphatic rings. The fourth-order valence-electron chi connectivity index (χ4n) is 0.870. The molecule has 0 saturated heterocycles. The van der Waals surface area contributed by atoms with Crippen LogP contribution in [0.4, 0.5) is 0 Å².